The number of aliphatic imine (C=N–C) groups is 1. The number of aromatic nitrogens is 2. The van der Waals surface area contributed by atoms with Crippen LogP contribution >= 0.6 is 0 Å². The minimum Gasteiger partial charge on any atom is -0.356 e. The lowest BCUT2D eigenvalue weighted by Crippen LogP contribution is -2.40. The Morgan fingerprint density at radius 2 is 2.10 bits per heavy atom. The van der Waals surface area contributed by atoms with Crippen LogP contribution in [-0.2, 0) is 13.6 Å². The number of nitrogens with one attached hydrogen (secondary N) is 2. The van der Waals surface area contributed by atoms with E-state index in [0.717, 1.165) is 36.6 Å². The van der Waals surface area contributed by atoms with Gasteiger partial charge in [0.25, 0.3) is 0 Å². The van der Waals surface area contributed by atoms with Gasteiger partial charge in [0.15, 0.2) is 5.96 Å². The van der Waals surface area contributed by atoms with Crippen LogP contribution in [0.3, 0.4) is 0 Å². The zero-order valence-electron chi connectivity index (χ0n) is 12.9. The van der Waals surface area contributed by atoms with Crippen molar-refractivity contribution in [1.82, 2.24) is 20.4 Å². The van der Waals surface area contributed by atoms with Crippen molar-refractivity contribution in [2.45, 2.75) is 39.2 Å². The summed E-state index contributed by atoms with van der Waals surface area (Å²) in [6.45, 7) is 4.13. The Kier molecular flexibility index (Phi) is 5.44. The fourth-order valence-electron chi connectivity index (χ4n) is 2.74. The summed E-state index contributed by atoms with van der Waals surface area (Å²) in [6, 6.07) is 2.02. The number of hydrogen-bond acceptors (Lipinski definition) is 2. The molecular weight excluding hydrogens is 250 g/mol. The molecule has 1 aromatic rings. The Balaban J connectivity index is 1.71. The van der Waals surface area contributed by atoms with Gasteiger partial charge in [-0.15, -0.1) is 0 Å². The molecule has 1 fully saturated rings. The zero-order valence-corrected chi connectivity index (χ0v) is 12.9. The lowest BCUT2D eigenvalue weighted by molar-refractivity contribution is 0.289. The summed E-state index contributed by atoms with van der Waals surface area (Å²) in [6.07, 6.45) is 7.23. The highest BCUT2D eigenvalue weighted by molar-refractivity contribution is 5.79. The molecule has 0 saturated heterocycles. The van der Waals surface area contributed by atoms with Crippen molar-refractivity contribution in [2.75, 3.05) is 13.6 Å². The minimum absolute atomic E-state index is 0.748. The molecule has 2 N–H and O–H groups in total. The molecule has 0 radical (unpaired) electrons. The van der Waals surface area contributed by atoms with Crippen LogP contribution < -0.4 is 10.6 Å². The van der Waals surface area contributed by atoms with Gasteiger partial charge in [-0.25, -0.2) is 0 Å². The van der Waals surface area contributed by atoms with E-state index in [1.54, 1.807) is 0 Å². The topological polar surface area (TPSA) is 54.2 Å². The first kappa shape index (κ1) is 14.9. The Bertz CT molecular complexity index is 429. The van der Waals surface area contributed by atoms with Crippen LogP contribution in [0.15, 0.2) is 17.3 Å². The van der Waals surface area contributed by atoms with Gasteiger partial charge in [-0.1, -0.05) is 19.8 Å². The largest absolute Gasteiger partial charge is 0.356 e. The highest BCUT2D eigenvalue weighted by Crippen LogP contribution is 2.27. The molecule has 0 amide bonds. The van der Waals surface area contributed by atoms with Gasteiger partial charge in [0, 0.05) is 26.8 Å². The van der Waals surface area contributed by atoms with E-state index in [0.29, 0.717) is 0 Å². The summed E-state index contributed by atoms with van der Waals surface area (Å²) in [5.41, 5.74) is 1.15. The average Bonchev–Trinajstić information content (AvgIpc) is 2.86. The number of rotatable bonds is 4. The molecule has 0 bridgehead atoms. The molecule has 0 aromatic carbocycles. The van der Waals surface area contributed by atoms with E-state index in [-0.39, 0.29) is 0 Å². The second kappa shape index (κ2) is 7.31. The fourth-order valence-corrected chi connectivity index (χ4v) is 2.74. The lowest BCUT2D eigenvalue weighted by Gasteiger charge is -2.26. The summed E-state index contributed by atoms with van der Waals surface area (Å²) in [5, 5.41) is 10.9. The van der Waals surface area contributed by atoms with Gasteiger partial charge in [-0.2, -0.15) is 5.10 Å². The van der Waals surface area contributed by atoms with Crippen LogP contribution in [0.2, 0.25) is 0 Å². The van der Waals surface area contributed by atoms with Crippen LogP contribution in [0.25, 0.3) is 0 Å². The molecule has 0 spiro atoms. The van der Waals surface area contributed by atoms with Crippen molar-refractivity contribution in [3.05, 3.63) is 18.0 Å². The van der Waals surface area contributed by atoms with Crippen LogP contribution in [0.1, 0.15) is 38.3 Å². The lowest BCUT2D eigenvalue weighted by atomic mass is 9.83. The average molecular weight is 277 g/mol. The molecular formula is C15H27N5. The van der Waals surface area contributed by atoms with Crippen molar-refractivity contribution in [3.8, 4) is 0 Å². The van der Waals surface area contributed by atoms with E-state index in [4.69, 9.17) is 0 Å². The third-order valence-electron chi connectivity index (χ3n) is 4.28. The molecule has 1 aliphatic rings. The molecule has 20 heavy (non-hydrogen) atoms. The fraction of sp³-hybridized carbons (Fsp3) is 0.733. The second-order valence-corrected chi connectivity index (χ2v) is 5.88. The molecule has 0 aliphatic heterocycles. The molecule has 5 heteroatoms. The monoisotopic (exact) mass is 277 g/mol. The zero-order chi connectivity index (χ0) is 14.4. The first-order chi connectivity index (χ1) is 9.69. The summed E-state index contributed by atoms with van der Waals surface area (Å²) in [4.78, 5) is 4.28. The second-order valence-electron chi connectivity index (χ2n) is 5.88. The van der Waals surface area contributed by atoms with Gasteiger partial charge in [0.2, 0.25) is 0 Å². The first-order valence-corrected chi connectivity index (χ1v) is 7.60. The SMILES string of the molecule is CN=C(NCc1ccnn1C)NCC1CCC(C)CC1. The first-order valence-electron chi connectivity index (χ1n) is 7.60. The molecule has 0 unspecified atom stereocenters. The van der Waals surface area contributed by atoms with Crippen LogP contribution in [0.5, 0.6) is 0 Å². The molecule has 5 nitrogen and oxygen atoms in total. The maximum atomic E-state index is 4.28. The minimum atomic E-state index is 0.748. The van der Waals surface area contributed by atoms with E-state index in [9.17, 15) is 0 Å². The number of guanidine groups is 1. The van der Waals surface area contributed by atoms with Crippen LogP contribution in [0.4, 0.5) is 0 Å². The summed E-state index contributed by atoms with van der Waals surface area (Å²) in [5.74, 6) is 2.58. The maximum Gasteiger partial charge on any atom is 0.191 e. The predicted octanol–water partition coefficient (Wildman–Crippen LogP) is 1.91. The van der Waals surface area contributed by atoms with Gasteiger partial charge < -0.3 is 10.6 Å². The van der Waals surface area contributed by atoms with Crippen molar-refractivity contribution in [3.63, 3.8) is 0 Å². The number of nitrogens with zero attached hydrogens (tertiary/aromatic N) is 3. The highest BCUT2D eigenvalue weighted by atomic mass is 15.3. The Labute approximate surface area is 121 Å². The quantitative estimate of drug-likeness (QED) is 0.653. The van der Waals surface area contributed by atoms with E-state index in [2.05, 4.69) is 27.6 Å². The Morgan fingerprint density at radius 1 is 1.35 bits per heavy atom. The van der Waals surface area contributed by atoms with Gasteiger partial charge in [0.05, 0.1) is 12.2 Å². The highest BCUT2D eigenvalue weighted by Gasteiger charge is 2.18. The molecule has 1 aromatic heterocycles. The summed E-state index contributed by atoms with van der Waals surface area (Å²) in [7, 11) is 3.78. The smallest absolute Gasteiger partial charge is 0.191 e. The van der Waals surface area contributed by atoms with Crippen molar-refractivity contribution in [1.29, 1.82) is 0 Å². The summed E-state index contributed by atoms with van der Waals surface area (Å²) < 4.78 is 1.88. The van der Waals surface area contributed by atoms with Crippen LogP contribution in [-0.4, -0.2) is 29.3 Å². The summed E-state index contributed by atoms with van der Waals surface area (Å²) >= 11 is 0. The molecule has 1 saturated carbocycles. The van der Waals surface area contributed by atoms with Gasteiger partial charge in [0.1, 0.15) is 0 Å². The molecule has 2 rings (SSSR count). The third kappa shape index (κ3) is 4.25. The molecule has 1 aliphatic carbocycles. The maximum absolute atomic E-state index is 4.28. The van der Waals surface area contributed by atoms with Crippen molar-refractivity contribution >= 4 is 5.96 Å². The predicted molar refractivity (Wildman–Crippen MR) is 82.5 cm³/mol. The molecule has 1 heterocycles. The molecule has 0 atom stereocenters. The number of hydrogen-bond donors (Lipinski definition) is 2. The van der Waals surface area contributed by atoms with Crippen LogP contribution in [0, 0.1) is 11.8 Å². The van der Waals surface area contributed by atoms with Gasteiger partial charge in [-0.05, 0) is 30.7 Å². The Morgan fingerprint density at radius 3 is 2.70 bits per heavy atom. The number of aryl methyl sites for hydroxylation is 1. The third-order valence-corrected chi connectivity index (χ3v) is 4.28. The van der Waals surface area contributed by atoms with Gasteiger partial charge in [-0.3, -0.25) is 9.67 Å². The Hall–Kier alpha value is -1.52. The van der Waals surface area contributed by atoms with Crippen molar-refractivity contribution in [2.24, 2.45) is 23.9 Å². The van der Waals surface area contributed by atoms with E-state index < -0.39 is 0 Å². The van der Waals surface area contributed by atoms with E-state index in [1.807, 2.05) is 31.0 Å². The van der Waals surface area contributed by atoms with E-state index in [1.165, 1.54) is 25.7 Å². The van der Waals surface area contributed by atoms with Crippen molar-refractivity contribution < 1.29 is 0 Å². The van der Waals surface area contributed by atoms with E-state index >= 15 is 0 Å². The standard InChI is InChI=1S/C15H27N5/c1-12-4-6-13(7-5-12)10-17-15(16-2)18-11-14-8-9-19-20(14)3/h8-9,12-13H,4-7,10-11H2,1-3H3,(H2,16,17,18). The normalized spacial score (nSPS) is 23.6. The van der Waals surface area contributed by atoms with Gasteiger partial charge >= 0.3 is 0 Å². The molecule has 112 valence electrons.